The first kappa shape index (κ1) is 15.2. The van der Waals surface area contributed by atoms with E-state index in [1.54, 1.807) is 0 Å². The van der Waals surface area contributed by atoms with Gasteiger partial charge in [-0.15, -0.1) is 0 Å². The molecule has 1 unspecified atom stereocenters. The zero-order chi connectivity index (χ0) is 14.5. The van der Waals surface area contributed by atoms with E-state index in [2.05, 4.69) is 57.4 Å². The maximum Gasteiger partial charge on any atom is 0.0641 e. The molecule has 0 saturated heterocycles. The number of nitrogens with zero attached hydrogens (tertiary/aromatic N) is 3. The molecule has 5 heteroatoms. The summed E-state index contributed by atoms with van der Waals surface area (Å²) in [6, 6.07) is 2.40. The molecule has 2 aromatic heterocycles. The molecule has 108 valence electrons. The van der Waals surface area contributed by atoms with Gasteiger partial charge in [0, 0.05) is 41.7 Å². The van der Waals surface area contributed by atoms with Gasteiger partial charge >= 0.3 is 0 Å². The monoisotopic (exact) mass is 336 g/mol. The quantitative estimate of drug-likeness (QED) is 0.880. The summed E-state index contributed by atoms with van der Waals surface area (Å²) >= 11 is 3.48. The summed E-state index contributed by atoms with van der Waals surface area (Å²) in [5, 5.41) is 8.06. The lowest BCUT2D eigenvalue weighted by atomic mass is 10.0. The topological polar surface area (TPSA) is 42.7 Å². The highest BCUT2D eigenvalue weighted by molar-refractivity contribution is 9.10. The second kappa shape index (κ2) is 6.99. The van der Waals surface area contributed by atoms with Crippen molar-refractivity contribution in [1.29, 1.82) is 0 Å². The highest BCUT2D eigenvalue weighted by Gasteiger charge is 2.16. The Hall–Kier alpha value is -1.20. The SMILES string of the molecule is CCCNC(Cc1cncc(Br)c1)c1cn(C)nc1C. The second-order valence-electron chi connectivity index (χ2n) is 5.07. The van der Waals surface area contributed by atoms with Crippen molar-refractivity contribution in [2.75, 3.05) is 6.54 Å². The van der Waals surface area contributed by atoms with Crippen molar-refractivity contribution in [1.82, 2.24) is 20.1 Å². The van der Waals surface area contributed by atoms with E-state index in [0.717, 1.165) is 29.6 Å². The molecule has 2 rings (SSSR count). The zero-order valence-corrected chi connectivity index (χ0v) is 13.8. The highest BCUT2D eigenvalue weighted by atomic mass is 79.9. The smallest absolute Gasteiger partial charge is 0.0641 e. The first-order valence-corrected chi connectivity index (χ1v) is 7.72. The Morgan fingerprint density at radius 1 is 1.40 bits per heavy atom. The van der Waals surface area contributed by atoms with E-state index in [1.807, 2.05) is 24.1 Å². The first-order valence-electron chi connectivity index (χ1n) is 6.93. The molecule has 0 aliphatic heterocycles. The van der Waals surface area contributed by atoms with Crippen LogP contribution in [0, 0.1) is 6.92 Å². The predicted molar refractivity (Wildman–Crippen MR) is 84.6 cm³/mol. The Balaban J connectivity index is 2.21. The molecule has 2 aromatic rings. The largest absolute Gasteiger partial charge is 0.310 e. The van der Waals surface area contributed by atoms with Gasteiger partial charge in [0.2, 0.25) is 0 Å². The van der Waals surface area contributed by atoms with E-state index in [9.17, 15) is 0 Å². The lowest BCUT2D eigenvalue weighted by Gasteiger charge is -2.18. The maximum absolute atomic E-state index is 4.45. The fraction of sp³-hybridized carbons (Fsp3) is 0.467. The number of pyridine rings is 1. The molecule has 1 atom stereocenters. The van der Waals surface area contributed by atoms with E-state index >= 15 is 0 Å². The average Bonchev–Trinajstić information content (AvgIpc) is 2.73. The molecular weight excluding hydrogens is 316 g/mol. The number of hydrogen-bond acceptors (Lipinski definition) is 3. The minimum atomic E-state index is 0.278. The van der Waals surface area contributed by atoms with Crippen molar-refractivity contribution in [2.24, 2.45) is 7.05 Å². The van der Waals surface area contributed by atoms with Crippen LogP contribution >= 0.6 is 15.9 Å². The van der Waals surface area contributed by atoms with Crippen LogP contribution in [0.25, 0.3) is 0 Å². The van der Waals surface area contributed by atoms with Crippen LogP contribution in [-0.2, 0) is 13.5 Å². The molecule has 0 amide bonds. The van der Waals surface area contributed by atoms with Gasteiger partial charge in [0.1, 0.15) is 0 Å². The van der Waals surface area contributed by atoms with Crippen LogP contribution in [0.15, 0.2) is 29.1 Å². The summed E-state index contributed by atoms with van der Waals surface area (Å²) in [7, 11) is 1.97. The third kappa shape index (κ3) is 3.90. The van der Waals surface area contributed by atoms with Crippen LogP contribution in [0.1, 0.15) is 36.2 Å². The summed E-state index contributed by atoms with van der Waals surface area (Å²) in [4.78, 5) is 4.24. The molecule has 0 aromatic carbocycles. The fourth-order valence-corrected chi connectivity index (χ4v) is 2.79. The molecule has 20 heavy (non-hydrogen) atoms. The van der Waals surface area contributed by atoms with E-state index in [4.69, 9.17) is 0 Å². The van der Waals surface area contributed by atoms with Crippen LogP contribution < -0.4 is 5.32 Å². The molecule has 4 nitrogen and oxygen atoms in total. The van der Waals surface area contributed by atoms with Gasteiger partial charge in [-0.25, -0.2) is 0 Å². The van der Waals surface area contributed by atoms with Gasteiger partial charge in [0.05, 0.1) is 5.69 Å². The van der Waals surface area contributed by atoms with Crippen LogP contribution in [0.4, 0.5) is 0 Å². The average molecular weight is 337 g/mol. The van der Waals surface area contributed by atoms with Gasteiger partial charge < -0.3 is 5.32 Å². The van der Waals surface area contributed by atoms with Crippen molar-refractivity contribution in [2.45, 2.75) is 32.7 Å². The molecule has 1 N–H and O–H groups in total. The minimum Gasteiger partial charge on any atom is -0.310 e. The highest BCUT2D eigenvalue weighted by Crippen LogP contribution is 2.22. The third-order valence-electron chi connectivity index (χ3n) is 3.27. The number of halogens is 1. The lowest BCUT2D eigenvalue weighted by molar-refractivity contribution is 0.526. The molecule has 0 aliphatic rings. The first-order chi connectivity index (χ1) is 9.60. The predicted octanol–water partition coefficient (Wildman–Crippen LogP) is 3.17. The maximum atomic E-state index is 4.45. The Morgan fingerprint density at radius 3 is 2.80 bits per heavy atom. The van der Waals surface area contributed by atoms with Gasteiger partial charge in [0.25, 0.3) is 0 Å². The van der Waals surface area contributed by atoms with Crippen LogP contribution in [0.2, 0.25) is 0 Å². The minimum absolute atomic E-state index is 0.278. The molecule has 0 spiro atoms. The number of aromatic nitrogens is 3. The molecule has 2 heterocycles. The molecule has 0 radical (unpaired) electrons. The molecule has 0 saturated carbocycles. The van der Waals surface area contributed by atoms with Crippen molar-refractivity contribution >= 4 is 15.9 Å². The molecular formula is C15H21BrN4. The van der Waals surface area contributed by atoms with Crippen LogP contribution in [0.5, 0.6) is 0 Å². The Kier molecular flexibility index (Phi) is 5.31. The van der Waals surface area contributed by atoms with Crippen molar-refractivity contribution in [3.05, 3.63) is 46.0 Å². The Labute approximate surface area is 128 Å². The van der Waals surface area contributed by atoms with E-state index in [0.29, 0.717) is 0 Å². The van der Waals surface area contributed by atoms with Gasteiger partial charge in [-0.3, -0.25) is 9.67 Å². The van der Waals surface area contributed by atoms with Gasteiger partial charge in [-0.05, 0) is 53.9 Å². The number of hydrogen-bond donors (Lipinski definition) is 1. The zero-order valence-electron chi connectivity index (χ0n) is 12.2. The second-order valence-corrected chi connectivity index (χ2v) is 5.98. The van der Waals surface area contributed by atoms with Gasteiger partial charge in [0.15, 0.2) is 0 Å². The normalized spacial score (nSPS) is 12.6. The lowest BCUT2D eigenvalue weighted by Crippen LogP contribution is -2.24. The van der Waals surface area contributed by atoms with Crippen molar-refractivity contribution in [3.8, 4) is 0 Å². The number of rotatable bonds is 6. The number of aryl methyl sites for hydroxylation is 2. The van der Waals surface area contributed by atoms with Crippen LogP contribution in [-0.4, -0.2) is 21.3 Å². The Morgan fingerprint density at radius 2 is 2.20 bits per heavy atom. The standard InChI is InChI=1S/C15H21BrN4/c1-4-5-18-15(14-10-20(3)19-11(14)2)7-12-6-13(16)9-17-8-12/h6,8-10,15,18H,4-5,7H2,1-3H3. The van der Waals surface area contributed by atoms with E-state index in [1.165, 1.54) is 11.1 Å². The molecule has 0 bridgehead atoms. The van der Waals surface area contributed by atoms with Gasteiger partial charge in [-0.2, -0.15) is 5.10 Å². The fourth-order valence-electron chi connectivity index (χ4n) is 2.37. The summed E-state index contributed by atoms with van der Waals surface area (Å²) in [6.45, 7) is 5.25. The van der Waals surface area contributed by atoms with E-state index in [-0.39, 0.29) is 6.04 Å². The third-order valence-corrected chi connectivity index (χ3v) is 3.70. The molecule has 0 aliphatic carbocycles. The summed E-state index contributed by atoms with van der Waals surface area (Å²) in [5.41, 5.74) is 3.57. The van der Waals surface area contributed by atoms with E-state index < -0.39 is 0 Å². The van der Waals surface area contributed by atoms with Crippen molar-refractivity contribution < 1.29 is 0 Å². The summed E-state index contributed by atoms with van der Waals surface area (Å²) in [5.74, 6) is 0. The molecule has 0 fully saturated rings. The summed E-state index contributed by atoms with van der Waals surface area (Å²) < 4.78 is 2.90. The van der Waals surface area contributed by atoms with Gasteiger partial charge in [-0.1, -0.05) is 6.92 Å². The summed E-state index contributed by atoms with van der Waals surface area (Å²) in [6.07, 6.45) is 7.88. The van der Waals surface area contributed by atoms with Crippen molar-refractivity contribution in [3.63, 3.8) is 0 Å². The Bertz CT molecular complexity index is 565. The van der Waals surface area contributed by atoms with Crippen LogP contribution in [0.3, 0.4) is 0 Å². The number of nitrogens with one attached hydrogen (secondary N) is 1.